The van der Waals surface area contributed by atoms with Crippen LogP contribution in [0.2, 0.25) is 0 Å². The molecule has 0 atom stereocenters. The Kier molecular flexibility index (Phi) is 13.3. The van der Waals surface area contributed by atoms with Crippen molar-refractivity contribution in [3.8, 4) is 0 Å². The maximum Gasteiger partial charge on any atom is 2.00 e. The number of carboxylic acids is 2. The van der Waals surface area contributed by atoms with Gasteiger partial charge in [-0.05, 0) is 13.8 Å². The molecule has 0 bridgehead atoms. The van der Waals surface area contributed by atoms with Crippen molar-refractivity contribution in [3.05, 3.63) is 10.4 Å². The zero-order valence-electron chi connectivity index (χ0n) is 7.72. The van der Waals surface area contributed by atoms with Crippen LogP contribution in [0.4, 0.5) is 0 Å². The molecule has 0 aromatic carbocycles. The molecule has 89 valence electrons. The van der Waals surface area contributed by atoms with E-state index in [9.17, 15) is 20.0 Å². The van der Waals surface area contributed by atoms with Gasteiger partial charge in [-0.1, -0.05) is 0 Å². The monoisotopic (exact) mass is 267 g/mol. The number of rotatable bonds is 2. The van der Waals surface area contributed by atoms with Gasteiger partial charge in [0.15, 0.2) is 0 Å². The van der Waals surface area contributed by atoms with Gasteiger partial charge in [-0.15, -0.1) is 0 Å². The second kappa shape index (κ2) is 10.5. The molecule has 0 rings (SSSR count). The molecule has 0 aromatic heterocycles. The Hall–Kier alpha value is -1.60. The third kappa shape index (κ3) is 12.4. The molecule has 0 heterocycles. The molecule has 0 spiro atoms. The maximum atomic E-state index is 9.60. The Balaban J connectivity index is -0.000000180. The van der Waals surface area contributed by atoms with Gasteiger partial charge in [0.25, 0.3) is 0 Å². The van der Waals surface area contributed by atoms with Gasteiger partial charge in [-0.2, -0.15) is 0 Å². The van der Waals surface area contributed by atoms with Gasteiger partial charge < -0.3 is 30.9 Å². The van der Waals surface area contributed by atoms with E-state index < -0.39 is 23.4 Å². The Bertz CT molecular complexity index is 247. The van der Waals surface area contributed by atoms with Crippen LogP contribution in [0, 0.1) is 10.4 Å². The first-order valence-electron chi connectivity index (χ1n) is 3.17. The van der Waals surface area contributed by atoms with Gasteiger partial charge in [-0.25, -0.2) is 9.59 Å². The van der Waals surface area contributed by atoms with Gasteiger partial charge in [-0.3, -0.25) is 0 Å². The van der Waals surface area contributed by atoms with Crippen molar-refractivity contribution in [2.45, 2.75) is 13.8 Å². The Labute approximate surface area is 95.4 Å². The van der Waals surface area contributed by atoms with Gasteiger partial charge >= 0.3 is 29.0 Å². The molecule has 0 saturated carbocycles. The summed E-state index contributed by atoms with van der Waals surface area (Å²) < 4.78 is 0. The van der Waals surface area contributed by atoms with Crippen LogP contribution in [0.5, 0.6) is 0 Å². The first-order valence-corrected chi connectivity index (χ1v) is 3.17. The van der Waals surface area contributed by atoms with E-state index in [2.05, 4.69) is 10.3 Å². The van der Waals surface area contributed by atoms with E-state index in [0.717, 1.165) is 13.8 Å². The molecule has 1 radical (unpaired) electrons. The van der Waals surface area contributed by atoms with Crippen molar-refractivity contribution >= 4 is 23.4 Å². The van der Waals surface area contributed by atoms with Crippen LogP contribution in [0.3, 0.4) is 0 Å². The second-order valence-electron chi connectivity index (χ2n) is 1.96. The van der Waals surface area contributed by atoms with Crippen molar-refractivity contribution in [2.24, 2.45) is 10.3 Å². The number of carbonyl (C=O) groups is 2. The topological polar surface area (TPSA) is 145 Å². The number of carboxylic acid groups (broad SMARTS) is 2. The molecule has 9 heteroatoms. The fourth-order valence-electron chi connectivity index (χ4n) is 0.0781. The average molecular weight is 268 g/mol. The van der Waals surface area contributed by atoms with Crippen LogP contribution < -0.4 is 0 Å². The minimum Gasteiger partial charge on any atom is -0.792 e. The third-order valence-corrected chi connectivity index (χ3v) is 0.893. The first-order chi connectivity index (χ1) is 6.36. The van der Waals surface area contributed by atoms with Gasteiger partial charge in [0.1, 0.15) is 11.4 Å². The minimum absolute atomic E-state index is 0. The summed E-state index contributed by atoms with van der Waals surface area (Å²) in [6, 6.07) is 0. The summed E-state index contributed by atoms with van der Waals surface area (Å²) in [7, 11) is 0. The van der Waals surface area contributed by atoms with E-state index in [0.29, 0.717) is 0 Å². The molecule has 0 amide bonds. The molecule has 0 unspecified atom stereocenters. The van der Waals surface area contributed by atoms with E-state index in [1.807, 2.05) is 0 Å². The standard InChI is InChI=1S/2C3H5NO3.Cu/c2*1-2(4-7)3(5)6;/h2*7H,1H3,(H,5,6);/q;;+2/p-2. The first kappa shape index (κ1) is 19.0. The molecule has 2 N–H and O–H groups in total. The van der Waals surface area contributed by atoms with Crippen molar-refractivity contribution in [1.82, 2.24) is 0 Å². The van der Waals surface area contributed by atoms with Gasteiger partial charge in [0.05, 0.1) is 0 Å². The molecule has 0 aromatic rings. The smallest absolute Gasteiger partial charge is 0.792 e. The summed E-state index contributed by atoms with van der Waals surface area (Å²) in [6.07, 6.45) is 0. The fourth-order valence-corrected chi connectivity index (χ4v) is 0.0781. The maximum absolute atomic E-state index is 9.60. The summed E-state index contributed by atoms with van der Waals surface area (Å²) >= 11 is 0. The summed E-state index contributed by atoms with van der Waals surface area (Å²) in [5.41, 5.74) is -0.833. The molecule has 0 aliphatic carbocycles. The fraction of sp³-hybridized carbons (Fsp3) is 0.333. The van der Waals surface area contributed by atoms with E-state index in [1.54, 1.807) is 0 Å². The molecule has 0 aliphatic rings. The quantitative estimate of drug-likeness (QED) is 0.411. The summed E-state index contributed by atoms with van der Waals surface area (Å²) in [5, 5.41) is 38.6. The van der Waals surface area contributed by atoms with E-state index in [4.69, 9.17) is 10.2 Å². The summed E-state index contributed by atoms with van der Waals surface area (Å²) in [5.74, 6) is -2.54. The van der Waals surface area contributed by atoms with E-state index in [1.165, 1.54) is 0 Å². The van der Waals surface area contributed by atoms with Crippen molar-refractivity contribution < 1.29 is 36.9 Å². The van der Waals surface area contributed by atoms with Crippen LogP contribution in [0.15, 0.2) is 10.3 Å². The number of nitrogens with zero attached hydrogens (tertiary/aromatic N) is 2. The Morgan fingerprint density at radius 1 is 0.933 bits per heavy atom. The predicted molar refractivity (Wildman–Crippen MR) is 48.2 cm³/mol. The molecule has 0 fully saturated rings. The summed E-state index contributed by atoms with van der Waals surface area (Å²) in [6.45, 7) is 2.27. The zero-order valence-corrected chi connectivity index (χ0v) is 8.67. The van der Waals surface area contributed by atoms with Crippen LogP contribution >= 0.6 is 0 Å². The van der Waals surface area contributed by atoms with E-state index in [-0.39, 0.29) is 17.1 Å². The number of hydrogen-bond donors (Lipinski definition) is 2. The molecular formula is C6H8CuN2O6. The Morgan fingerprint density at radius 2 is 1.13 bits per heavy atom. The predicted octanol–water partition coefficient (Wildman–Crippen LogP) is 0.0569. The normalized spacial score (nSPS) is 10.5. The van der Waals surface area contributed by atoms with Crippen LogP contribution in [0.1, 0.15) is 13.8 Å². The van der Waals surface area contributed by atoms with Crippen LogP contribution in [-0.4, -0.2) is 33.6 Å². The van der Waals surface area contributed by atoms with Crippen molar-refractivity contribution in [3.63, 3.8) is 0 Å². The third-order valence-electron chi connectivity index (χ3n) is 0.893. The van der Waals surface area contributed by atoms with Crippen LogP contribution in [-0.2, 0) is 26.7 Å². The second-order valence-corrected chi connectivity index (χ2v) is 1.96. The van der Waals surface area contributed by atoms with Gasteiger partial charge in [0, 0.05) is 0 Å². The average Bonchev–Trinajstić information content (AvgIpc) is 2.15. The molecule has 0 aliphatic heterocycles. The van der Waals surface area contributed by atoms with Crippen LogP contribution in [0.25, 0.3) is 0 Å². The molecule has 8 nitrogen and oxygen atoms in total. The van der Waals surface area contributed by atoms with Gasteiger partial charge in [0.2, 0.25) is 0 Å². The number of hydrogen-bond acceptors (Lipinski definition) is 6. The Morgan fingerprint density at radius 3 is 1.13 bits per heavy atom. The molecule has 0 saturated heterocycles. The minimum atomic E-state index is -1.27. The zero-order chi connectivity index (χ0) is 11.7. The summed E-state index contributed by atoms with van der Waals surface area (Å²) in [4.78, 5) is 19.2. The number of aliphatic carboxylic acids is 2. The molecular weight excluding hydrogens is 260 g/mol. The van der Waals surface area contributed by atoms with Crippen molar-refractivity contribution in [2.75, 3.05) is 0 Å². The SMILES string of the molecule is CC(=N[O-])C(=O)O.CC(=N[O-])C(=O)O.[Cu+2]. The largest absolute Gasteiger partial charge is 2.00 e. The van der Waals surface area contributed by atoms with E-state index >= 15 is 0 Å². The van der Waals surface area contributed by atoms with Crippen molar-refractivity contribution in [1.29, 1.82) is 0 Å². The molecule has 15 heavy (non-hydrogen) atoms.